The third-order valence-corrected chi connectivity index (χ3v) is 4.77. The van der Waals surface area contributed by atoms with E-state index in [0.29, 0.717) is 6.42 Å². The molecule has 1 saturated heterocycles. The fraction of sp³-hybridized carbons (Fsp3) is 0.650. The Morgan fingerprint density at radius 2 is 1.76 bits per heavy atom. The van der Waals surface area contributed by atoms with Crippen LogP contribution in [0.15, 0.2) is 24.3 Å². The number of hydrogen-bond acceptors (Lipinski definition) is 4. The predicted molar refractivity (Wildman–Crippen MR) is 103 cm³/mol. The molecule has 5 nitrogen and oxygen atoms in total. The number of carbonyl (C=O) groups is 1. The average Bonchev–Trinajstić information content (AvgIpc) is 2.56. The maximum atomic E-state index is 12.2. The van der Waals surface area contributed by atoms with Crippen LogP contribution in [0.25, 0.3) is 0 Å². The number of hydrogen-bond donors (Lipinski definition) is 2. The fourth-order valence-electron chi connectivity index (χ4n) is 3.13. The van der Waals surface area contributed by atoms with E-state index in [1.54, 1.807) is 0 Å². The van der Waals surface area contributed by atoms with Gasteiger partial charge in [0.15, 0.2) is 0 Å². The molecule has 1 aromatic rings. The van der Waals surface area contributed by atoms with Gasteiger partial charge in [0, 0.05) is 44.8 Å². The Balaban J connectivity index is 1.70. The zero-order valence-corrected chi connectivity index (χ0v) is 15.9. The molecule has 2 N–H and O–H groups in total. The van der Waals surface area contributed by atoms with Crippen molar-refractivity contribution in [1.29, 1.82) is 0 Å². The van der Waals surface area contributed by atoms with Gasteiger partial charge in [-0.1, -0.05) is 32.9 Å². The van der Waals surface area contributed by atoms with E-state index in [1.165, 1.54) is 5.56 Å². The van der Waals surface area contributed by atoms with Gasteiger partial charge in [0.25, 0.3) is 0 Å². The minimum atomic E-state index is 0.0823. The second-order valence-corrected chi connectivity index (χ2v) is 7.89. The average molecular weight is 348 g/mol. The first-order chi connectivity index (χ1) is 11.9. The maximum absolute atomic E-state index is 12.2. The normalized spacial score (nSPS) is 16.8. The number of benzene rings is 1. The smallest absolute Gasteiger partial charge is 0.224 e. The van der Waals surface area contributed by atoms with Gasteiger partial charge in [-0.15, -0.1) is 0 Å². The van der Waals surface area contributed by atoms with E-state index in [-0.39, 0.29) is 17.9 Å². The molecule has 1 heterocycles. The lowest BCUT2D eigenvalue weighted by atomic mass is 9.87. The van der Waals surface area contributed by atoms with E-state index >= 15 is 0 Å². The maximum Gasteiger partial charge on any atom is 0.224 e. The molecule has 2 rings (SSSR count). The summed E-state index contributed by atoms with van der Waals surface area (Å²) in [6.07, 6.45) is 1.43. The summed E-state index contributed by atoms with van der Waals surface area (Å²) in [7, 11) is 0. The Kier molecular flexibility index (Phi) is 7.41. The van der Waals surface area contributed by atoms with Crippen molar-refractivity contribution in [3.63, 3.8) is 0 Å². The minimum Gasteiger partial charge on any atom is -0.395 e. The van der Waals surface area contributed by atoms with Gasteiger partial charge < -0.3 is 15.3 Å². The van der Waals surface area contributed by atoms with Gasteiger partial charge in [0.2, 0.25) is 5.91 Å². The number of piperazine rings is 1. The Hall–Kier alpha value is -1.43. The number of aliphatic hydroxyl groups excluding tert-OH is 1. The molecule has 0 saturated carbocycles. The van der Waals surface area contributed by atoms with Gasteiger partial charge in [0.05, 0.1) is 6.61 Å². The molecule has 0 spiro atoms. The molecule has 0 aromatic heterocycles. The van der Waals surface area contributed by atoms with E-state index in [1.807, 2.05) is 12.1 Å². The summed E-state index contributed by atoms with van der Waals surface area (Å²) < 4.78 is 0. The minimum absolute atomic E-state index is 0.0823. The molecular weight excluding hydrogens is 314 g/mol. The van der Waals surface area contributed by atoms with Crippen molar-refractivity contribution in [1.82, 2.24) is 9.80 Å². The topological polar surface area (TPSA) is 55.8 Å². The second-order valence-electron chi connectivity index (χ2n) is 7.89. The lowest BCUT2D eigenvalue weighted by molar-refractivity contribution is -0.116. The summed E-state index contributed by atoms with van der Waals surface area (Å²) in [5, 5.41) is 12.0. The van der Waals surface area contributed by atoms with Crippen LogP contribution in [0.3, 0.4) is 0 Å². The molecule has 1 amide bonds. The van der Waals surface area contributed by atoms with Crippen LogP contribution in [0.4, 0.5) is 5.69 Å². The molecule has 140 valence electrons. The van der Waals surface area contributed by atoms with Crippen LogP contribution in [-0.2, 0) is 10.2 Å². The highest BCUT2D eigenvalue weighted by Crippen LogP contribution is 2.24. The largest absolute Gasteiger partial charge is 0.395 e. The highest BCUT2D eigenvalue weighted by molar-refractivity contribution is 5.90. The highest BCUT2D eigenvalue weighted by Gasteiger charge is 2.16. The van der Waals surface area contributed by atoms with Crippen molar-refractivity contribution in [2.24, 2.45) is 0 Å². The third-order valence-electron chi connectivity index (χ3n) is 4.77. The molecule has 0 unspecified atom stereocenters. The second kappa shape index (κ2) is 9.32. The summed E-state index contributed by atoms with van der Waals surface area (Å²) in [6, 6.07) is 8.12. The molecule has 0 bridgehead atoms. The number of carbonyl (C=O) groups excluding carboxylic acids is 1. The number of nitrogens with zero attached hydrogens (tertiary/aromatic N) is 2. The Bertz CT molecular complexity index is 546. The first kappa shape index (κ1) is 19.9. The summed E-state index contributed by atoms with van der Waals surface area (Å²) in [6.45, 7) is 12.5. The first-order valence-electron chi connectivity index (χ1n) is 9.34. The third kappa shape index (κ3) is 6.77. The first-order valence-corrected chi connectivity index (χ1v) is 9.34. The van der Waals surface area contributed by atoms with Crippen LogP contribution in [0.1, 0.15) is 39.2 Å². The standard InChI is InChI=1S/C20H33N3O2/c1-20(2,3)17-6-4-7-18(16-17)21-19(25)8-5-9-22-10-12-23(13-11-22)14-15-24/h4,6-7,16,24H,5,8-15H2,1-3H3,(H,21,25). The van der Waals surface area contributed by atoms with E-state index in [4.69, 9.17) is 5.11 Å². The van der Waals surface area contributed by atoms with Gasteiger partial charge in [-0.25, -0.2) is 0 Å². The summed E-state index contributed by atoms with van der Waals surface area (Å²) >= 11 is 0. The molecule has 5 heteroatoms. The van der Waals surface area contributed by atoms with Crippen molar-refractivity contribution in [2.75, 3.05) is 51.2 Å². The lowest BCUT2D eigenvalue weighted by Gasteiger charge is -2.34. The lowest BCUT2D eigenvalue weighted by Crippen LogP contribution is -2.47. The molecule has 0 atom stereocenters. The number of β-amino-alcohol motifs (C(OH)–C–C–N with tert-alkyl or cyclic N) is 1. The summed E-state index contributed by atoms with van der Waals surface area (Å²) in [5.74, 6) is 0.0879. The number of aliphatic hydroxyl groups is 1. The molecular formula is C20H33N3O2. The number of amides is 1. The van der Waals surface area contributed by atoms with E-state index < -0.39 is 0 Å². The number of nitrogens with one attached hydrogen (secondary N) is 1. The summed E-state index contributed by atoms with van der Waals surface area (Å²) in [4.78, 5) is 16.9. The van der Waals surface area contributed by atoms with Crippen molar-refractivity contribution < 1.29 is 9.90 Å². The monoisotopic (exact) mass is 347 g/mol. The quantitative estimate of drug-likeness (QED) is 0.795. The van der Waals surface area contributed by atoms with Crippen LogP contribution in [0.5, 0.6) is 0 Å². The van der Waals surface area contributed by atoms with Crippen molar-refractivity contribution in [3.05, 3.63) is 29.8 Å². The van der Waals surface area contributed by atoms with E-state index in [9.17, 15) is 4.79 Å². The van der Waals surface area contributed by atoms with E-state index in [2.05, 4.69) is 48.0 Å². The van der Waals surface area contributed by atoms with Gasteiger partial charge in [0.1, 0.15) is 0 Å². The van der Waals surface area contributed by atoms with Crippen molar-refractivity contribution in [2.45, 2.75) is 39.0 Å². The SMILES string of the molecule is CC(C)(C)c1cccc(NC(=O)CCCN2CCN(CCO)CC2)c1. The molecule has 1 aliphatic rings. The van der Waals surface area contributed by atoms with E-state index in [0.717, 1.165) is 51.4 Å². The molecule has 25 heavy (non-hydrogen) atoms. The molecule has 0 radical (unpaired) electrons. The predicted octanol–water partition coefficient (Wildman–Crippen LogP) is 2.31. The molecule has 1 aliphatic heterocycles. The number of anilines is 1. The molecule has 1 aromatic carbocycles. The Morgan fingerprint density at radius 3 is 2.36 bits per heavy atom. The van der Waals surface area contributed by atoms with Gasteiger partial charge in [-0.3, -0.25) is 9.69 Å². The van der Waals surface area contributed by atoms with Crippen molar-refractivity contribution in [3.8, 4) is 0 Å². The van der Waals surface area contributed by atoms with Gasteiger partial charge >= 0.3 is 0 Å². The van der Waals surface area contributed by atoms with Gasteiger partial charge in [-0.05, 0) is 36.1 Å². The molecule has 1 fully saturated rings. The fourth-order valence-corrected chi connectivity index (χ4v) is 3.13. The summed E-state index contributed by atoms with van der Waals surface area (Å²) in [5.41, 5.74) is 2.19. The highest BCUT2D eigenvalue weighted by atomic mass is 16.3. The van der Waals surface area contributed by atoms with Crippen molar-refractivity contribution >= 4 is 11.6 Å². The Morgan fingerprint density at radius 1 is 1.12 bits per heavy atom. The van der Waals surface area contributed by atoms with Crippen LogP contribution < -0.4 is 5.32 Å². The van der Waals surface area contributed by atoms with Crippen LogP contribution in [0.2, 0.25) is 0 Å². The van der Waals surface area contributed by atoms with Crippen LogP contribution >= 0.6 is 0 Å². The molecule has 0 aliphatic carbocycles. The Labute approximate surface area is 152 Å². The zero-order chi connectivity index (χ0) is 18.3. The van der Waals surface area contributed by atoms with Crippen LogP contribution in [-0.4, -0.2) is 66.7 Å². The van der Waals surface area contributed by atoms with Crippen LogP contribution in [0, 0.1) is 0 Å². The zero-order valence-electron chi connectivity index (χ0n) is 15.9. The number of rotatable bonds is 7. The van der Waals surface area contributed by atoms with Gasteiger partial charge in [-0.2, -0.15) is 0 Å².